The highest BCUT2D eigenvalue weighted by Crippen LogP contribution is 2.47. The molecule has 158 valence electrons. The summed E-state index contributed by atoms with van der Waals surface area (Å²) in [6.45, 7) is 2.84. The highest BCUT2D eigenvalue weighted by Gasteiger charge is 2.37. The lowest BCUT2D eigenvalue weighted by atomic mass is 9.82. The fourth-order valence-corrected chi connectivity index (χ4v) is 7.07. The SMILES string of the molecule is CC(C)(O)c1csc(S(N)(=O)=NC(=O)NC2=C3CCCC3=CC3CCCC23)c1F. The maximum absolute atomic E-state index is 14.7. The molecule has 9 heteroatoms. The Morgan fingerprint density at radius 2 is 2.14 bits per heavy atom. The van der Waals surface area contributed by atoms with Gasteiger partial charge in [0.05, 0.1) is 5.60 Å². The molecule has 0 aliphatic heterocycles. The van der Waals surface area contributed by atoms with E-state index in [1.165, 1.54) is 30.4 Å². The molecule has 1 aromatic heterocycles. The molecule has 2 amide bonds. The number of hydrogen-bond donors (Lipinski definition) is 3. The average molecular weight is 440 g/mol. The molecule has 3 atom stereocenters. The number of thiophene rings is 1. The summed E-state index contributed by atoms with van der Waals surface area (Å²) in [6, 6.07) is -0.809. The van der Waals surface area contributed by atoms with E-state index in [2.05, 4.69) is 15.8 Å². The molecular formula is C20H26FN3O3S2. The third-order valence-corrected chi connectivity index (χ3v) is 8.92. The predicted molar refractivity (Wildman–Crippen MR) is 111 cm³/mol. The van der Waals surface area contributed by atoms with Gasteiger partial charge in [0.1, 0.15) is 0 Å². The van der Waals surface area contributed by atoms with Crippen LogP contribution >= 0.6 is 11.3 Å². The van der Waals surface area contributed by atoms with Crippen LogP contribution in [0.2, 0.25) is 0 Å². The van der Waals surface area contributed by atoms with E-state index >= 15 is 0 Å². The Morgan fingerprint density at radius 3 is 2.83 bits per heavy atom. The first-order valence-corrected chi connectivity index (χ1v) is 12.3. The smallest absolute Gasteiger partial charge is 0.354 e. The average Bonchev–Trinajstić information content (AvgIpc) is 3.31. The monoisotopic (exact) mass is 439 g/mol. The van der Waals surface area contributed by atoms with Crippen molar-refractivity contribution in [3.63, 3.8) is 0 Å². The van der Waals surface area contributed by atoms with Crippen molar-refractivity contribution < 1.29 is 18.5 Å². The molecule has 0 aromatic carbocycles. The van der Waals surface area contributed by atoms with Crippen molar-refractivity contribution in [1.29, 1.82) is 0 Å². The Bertz CT molecular complexity index is 1040. The second-order valence-corrected chi connectivity index (χ2v) is 11.4. The zero-order valence-electron chi connectivity index (χ0n) is 16.5. The number of nitrogens with two attached hydrogens (primary N) is 1. The second kappa shape index (κ2) is 7.30. The minimum atomic E-state index is -3.77. The molecule has 3 aliphatic rings. The van der Waals surface area contributed by atoms with E-state index < -0.39 is 27.4 Å². The number of fused-ring (bicyclic) bond motifs is 2. The van der Waals surface area contributed by atoms with E-state index in [-0.39, 0.29) is 15.7 Å². The number of aliphatic hydroxyl groups is 1. The van der Waals surface area contributed by atoms with Gasteiger partial charge in [0.15, 0.2) is 19.9 Å². The number of amides is 2. The molecule has 3 aliphatic carbocycles. The normalized spacial score (nSPS) is 25.9. The number of hydrogen-bond acceptors (Lipinski definition) is 4. The molecule has 4 N–H and O–H groups in total. The molecule has 1 heterocycles. The minimum absolute atomic E-state index is 0.0157. The van der Waals surface area contributed by atoms with Crippen LogP contribution in [0.4, 0.5) is 9.18 Å². The fourth-order valence-electron chi connectivity index (χ4n) is 4.69. The van der Waals surface area contributed by atoms with Gasteiger partial charge in [0.25, 0.3) is 0 Å². The van der Waals surface area contributed by atoms with Crippen molar-refractivity contribution in [3.05, 3.63) is 39.7 Å². The van der Waals surface area contributed by atoms with Crippen LogP contribution in [-0.2, 0) is 15.5 Å². The molecule has 3 unspecified atom stereocenters. The number of urea groups is 1. The van der Waals surface area contributed by atoms with Gasteiger partial charge >= 0.3 is 6.03 Å². The molecule has 2 fully saturated rings. The number of carbonyl (C=O) groups excluding carboxylic acids is 1. The molecule has 0 bridgehead atoms. The van der Waals surface area contributed by atoms with Gasteiger partial charge in [-0.3, -0.25) is 0 Å². The lowest BCUT2D eigenvalue weighted by molar-refractivity contribution is 0.0748. The van der Waals surface area contributed by atoms with Crippen molar-refractivity contribution in [2.75, 3.05) is 0 Å². The van der Waals surface area contributed by atoms with E-state index in [0.717, 1.165) is 55.6 Å². The van der Waals surface area contributed by atoms with Gasteiger partial charge in [0, 0.05) is 22.6 Å². The minimum Gasteiger partial charge on any atom is -0.386 e. The third kappa shape index (κ3) is 3.81. The van der Waals surface area contributed by atoms with E-state index in [0.29, 0.717) is 5.92 Å². The highest BCUT2D eigenvalue weighted by molar-refractivity contribution is 7.93. The van der Waals surface area contributed by atoms with Crippen LogP contribution in [-0.4, -0.2) is 15.3 Å². The van der Waals surface area contributed by atoms with Gasteiger partial charge in [-0.15, -0.1) is 15.7 Å². The Hall–Kier alpha value is -1.55. The topological polar surface area (TPSA) is 105 Å². The Morgan fingerprint density at radius 1 is 1.38 bits per heavy atom. The van der Waals surface area contributed by atoms with Gasteiger partial charge in [-0.1, -0.05) is 12.5 Å². The molecule has 29 heavy (non-hydrogen) atoms. The van der Waals surface area contributed by atoms with Crippen LogP contribution in [0.5, 0.6) is 0 Å². The standard InChI is InChI=1S/C20H26FN3O3S2/c1-20(2,26)15-10-28-18(16(15)21)29(22,27)24-19(25)23-17-13-7-3-5-11(13)9-12-6-4-8-14(12)17/h9-11,13,26H,3-8H2,1-2H3,(H3,22,23,24,25,27). The molecule has 0 radical (unpaired) electrons. The number of carbonyl (C=O) groups is 1. The molecule has 6 nitrogen and oxygen atoms in total. The summed E-state index contributed by atoms with van der Waals surface area (Å²) >= 11 is 0.799. The van der Waals surface area contributed by atoms with Crippen molar-refractivity contribution in [2.45, 2.75) is 62.2 Å². The number of allylic oxidation sites excluding steroid dienone is 4. The number of nitrogens with one attached hydrogen (secondary N) is 1. The summed E-state index contributed by atoms with van der Waals surface area (Å²) in [5.74, 6) is -0.198. The third-order valence-electron chi connectivity index (χ3n) is 6.03. The van der Waals surface area contributed by atoms with Crippen LogP contribution in [0.25, 0.3) is 0 Å². The van der Waals surface area contributed by atoms with E-state index in [9.17, 15) is 18.5 Å². The maximum atomic E-state index is 14.7. The van der Waals surface area contributed by atoms with E-state index in [1.54, 1.807) is 0 Å². The summed E-state index contributed by atoms with van der Waals surface area (Å²) in [6.07, 6.45) is 8.56. The van der Waals surface area contributed by atoms with Crippen molar-refractivity contribution in [3.8, 4) is 0 Å². The Kier molecular flexibility index (Phi) is 5.21. The lowest BCUT2D eigenvalue weighted by Crippen LogP contribution is -2.31. The van der Waals surface area contributed by atoms with Crippen molar-refractivity contribution in [1.82, 2.24) is 5.32 Å². The van der Waals surface area contributed by atoms with E-state index in [1.807, 2.05) is 0 Å². The zero-order chi connectivity index (χ0) is 21.0. The first kappa shape index (κ1) is 20.7. The quantitative estimate of drug-likeness (QED) is 0.653. The highest BCUT2D eigenvalue weighted by atomic mass is 32.2. The van der Waals surface area contributed by atoms with Crippen LogP contribution < -0.4 is 10.5 Å². The summed E-state index contributed by atoms with van der Waals surface area (Å²) in [5, 5.41) is 20.0. The second-order valence-electron chi connectivity index (χ2n) is 8.54. The molecule has 4 rings (SSSR count). The van der Waals surface area contributed by atoms with E-state index in [4.69, 9.17) is 5.14 Å². The summed E-state index contributed by atoms with van der Waals surface area (Å²) < 4.78 is 30.9. The number of nitrogens with zero attached hydrogens (tertiary/aromatic N) is 1. The van der Waals surface area contributed by atoms with Gasteiger partial charge in [-0.05, 0) is 63.0 Å². The van der Waals surface area contributed by atoms with Crippen LogP contribution in [0.3, 0.4) is 0 Å². The summed E-state index contributed by atoms with van der Waals surface area (Å²) in [7, 11) is -3.77. The maximum Gasteiger partial charge on any atom is 0.354 e. The van der Waals surface area contributed by atoms with Crippen LogP contribution in [0.15, 0.2) is 36.9 Å². The largest absolute Gasteiger partial charge is 0.386 e. The first-order valence-electron chi connectivity index (χ1n) is 9.88. The lowest BCUT2D eigenvalue weighted by Gasteiger charge is -2.28. The first-order chi connectivity index (χ1) is 13.6. The summed E-state index contributed by atoms with van der Waals surface area (Å²) in [5.41, 5.74) is 1.89. The molecule has 2 saturated carbocycles. The number of halogens is 1. The summed E-state index contributed by atoms with van der Waals surface area (Å²) in [4.78, 5) is 12.6. The van der Waals surface area contributed by atoms with Crippen LogP contribution in [0, 0.1) is 17.7 Å². The van der Waals surface area contributed by atoms with Crippen molar-refractivity contribution in [2.24, 2.45) is 21.3 Å². The fraction of sp³-hybridized carbons (Fsp3) is 0.550. The van der Waals surface area contributed by atoms with Crippen molar-refractivity contribution >= 4 is 27.3 Å². The molecule has 0 spiro atoms. The molecule has 0 saturated heterocycles. The number of rotatable bonds is 3. The van der Waals surface area contributed by atoms with Crippen LogP contribution in [0.1, 0.15) is 57.9 Å². The van der Waals surface area contributed by atoms with Gasteiger partial charge < -0.3 is 10.4 Å². The van der Waals surface area contributed by atoms with Gasteiger partial charge in [-0.25, -0.2) is 18.5 Å². The van der Waals surface area contributed by atoms with Gasteiger partial charge in [0.2, 0.25) is 0 Å². The molecular weight excluding hydrogens is 413 g/mol. The predicted octanol–water partition coefficient (Wildman–Crippen LogP) is 4.32. The zero-order valence-corrected chi connectivity index (χ0v) is 18.2. The van der Waals surface area contributed by atoms with Gasteiger partial charge in [-0.2, -0.15) is 0 Å². The molecule has 1 aromatic rings. The Labute approximate surface area is 174 Å². The Balaban J connectivity index is 1.64.